The van der Waals surface area contributed by atoms with Gasteiger partial charge in [-0.25, -0.2) is 9.69 Å². The topological polar surface area (TPSA) is 84.9 Å². The fourth-order valence-electron chi connectivity index (χ4n) is 3.02. The average Bonchev–Trinajstić information content (AvgIpc) is 2.76. The highest BCUT2D eigenvalue weighted by atomic mass is 35.5. The summed E-state index contributed by atoms with van der Waals surface area (Å²) in [4.78, 5) is 38.2. The quantitative estimate of drug-likeness (QED) is 0.366. The minimum atomic E-state index is -4.75. The van der Waals surface area contributed by atoms with Crippen molar-refractivity contribution >= 4 is 41.2 Å². The molecule has 0 saturated carbocycles. The highest BCUT2D eigenvalue weighted by molar-refractivity contribution is 6.42. The molecule has 11 heteroatoms. The Labute approximate surface area is 197 Å². The number of ether oxygens (including phenoxy) is 2. The van der Waals surface area contributed by atoms with Crippen LogP contribution in [-0.2, 0) is 15.8 Å². The summed E-state index contributed by atoms with van der Waals surface area (Å²) in [5.41, 5.74) is -1.84. The molecule has 0 spiro atoms. The average molecular weight is 493 g/mol. The Morgan fingerprint density at radius 3 is 2.50 bits per heavy atom. The summed E-state index contributed by atoms with van der Waals surface area (Å²) < 4.78 is 50.3. The van der Waals surface area contributed by atoms with Gasteiger partial charge < -0.3 is 9.47 Å². The van der Waals surface area contributed by atoms with Crippen LogP contribution >= 0.6 is 11.6 Å². The fraction of sp³-hybridized carbons (Fsp3) is 0.174. The van der Waals surface area contributed by atoms with Crippen LogP contribution in [0.5, 0.6) is 11.5 Å². The Kier molecular flexibility index (Phi) is 7.17. The lowest BCUT2D eigenvalue weighted by Crippen LogP contribution is -2.54. The molecular weight excluding hydrogens is 477 g/mol. The van der Waals surface area contributed by atoms with Crippen molar-refractivity contribution in [3.63, 3.8) is 0 Å². The maximum atomic E-state index is 13.2. The van der Waals surface area contributed by atoms with Crippen molar-refractivity contribution in [2.24, 2.45) is 0 Å². The molecular formula is C23H16ClF3N2O5. The fourth-order valence-corrected chi connectivity index (χ4v) is 3.23. The van der Waals surface area contributed by atoms with Gasteiger partial charge in [0.05, 0.1) is 22.9 Å². The maximum Gasteiger partial charge on any atom is 0.416 e. The number of benzene rings is 2. The molecule has 0 bridgehead atoms. The molecule has 0 aliphatic carbocycles. The van der Waals surface area contributed by atoms with Gasteiger partial charge in [0.2, 0.25) is 0 Å². The van der Waals surface area contributed by atoms with E-state index in [0.29, 0.717) is 28.3 Å². The van der Waals surface area contributed by atoms with Crippen LogP contribution in [0.3, 0.4) is 0 Å². The highest BCUT2D eigenvalue weighted by Gasteiger charge is 2.39. The maximum absolute atomic E-state index is 13.2. The Morgan fingerprint density at radius 1 is 1.12 bits per heavy atom. The van der Waals surface area contributed by atoms with Crippen molar-refractivity contribution in [2.45, 2.75) is 13.1 Å². The molecule has 34 heavy (non-hydrogen) atoms. The summed E-state index contributed by atoms with van der Waals surface area (Å²) in [5, 5.41) is 1.64. The van der Waals surface area contributed by atoms with Crippen LogP contribution in [0.2, 0.25) is 5.02 Å². The Balaban J connectivity index is 2.03. The third-order valence-electron chi connectivity index (χ3n) is 4.51. The minimum Gasteiger partial charge on any atom is -0.490 e. The van der Waals surface area contributed by atoms with Crippen LogP contribution in [0.25, 0.3) is 6.08 Å². The predicted octanol–water partition coefficient (Wildman–Crippen LogP) is 4.44. The van der Waals surface area contributed by atoms with Gasteiger partial charge in [-0.15, -0.1) is 6.42 Å². The van der Waals surface area contributed by atoms with E-state index in [1.165, 1.54) is 18.2 Å². The van der Waals surface area contributed by atoms with Gasteiger partial charge >= 0.3 is 12.2 Å². The van der Waals surface area contributed by atoms with E-state index in [4.69, 9.17) is 27.5 Å². The van der Waals surface area contributed by atoms with Gasteiger partial charge in [0.25, 0.3) is 11.8 Å². The summed E-state index contributed by atoms with van der Waals surface area (Å²) in [6.45, 7) is 1.99. The predicted molar refractivity (Wildman–Crippen MR) is 117 cm³/mol. The number of imide groups is 2. The molecule has 176 valence electrons. The first-order valence-electron chi connectivity index (χ1n) is 9.68. The van der Waals surface area contributed by atoms with Crippen LogP contribution in [-0.4, -0.2) is 31.1 Å². The zero-order valence-corrected chi connectivity index (χ0v) is 18.3. The second-order valence-corrected chi connectivity index (χ2v) is 7.16. The van der Waals surface area contributed by atoms with Gasteiger partial charge in [0, 0.05) is 0 Å². The summed E-state index contributed by atoms with van der Waals surface area (Å²) in [6.07, 6.45) is 1.60. The molecule has 0 atom stereocenters. The number of carbonyl (C=O) groups excluding carboxylic acids is 3. The lowest BCUT2D eigenvalue weighted by atomic mass is 10.1. The van der Waals surface area contributed by atoms with Crippen LogP contribution in [0, 0.1) is 12.3 Å². The number of nitrogens with zero attached hydrogens (tertiary/aromatic N) is 1. The molecule has 3 rings (SSSR count). The Morgan fingerprint density at radius 2 is 1.85 bits per heavy atom. The molecule has 1 aliphatic heterocycles. The summed E-state index contributed by atoms with van der Waals surface area (Å²) >= 11 is 5.98. The van der Waals surface area contributed by atoms with Crippen molar-refractivity contribution in [3.8, 4) is 23.8 Å². The van der Waals surface area contributed by atoms with Gasteiger partial charge in [-0.2, -0.15) is 13.2 Å². The van der Waals surface area contributed by atoms with E-state index in [9.17, 15) is 27.6 Å². The van der Waals surface area contributed by atoms with Crippen LogP contribution < -0.4 is 19.7 Å². The number of carbonyl (C=O) groups is 3. The number of nitrogens with one attached hydrogen (secondary N) is 1. The molecule has 1 fully saturated rings. The molecule has 2 aromatic carbocycles. The largest absolute Gasteiger partial charge is 0.490 e. The van der Waals surface area contributed by atoms with Crippen molar-refractivity contribution in [2.75, 3.05) is 18.1 Å². The summed E-state index contributed by atoms with van der Waals surface area (Å²) in [5.74, 6) is 0.744. The number of barbiturate groups is 1. The van der Waals surface area contributed by atoms with E-state index in [1.807, 2.05) is 5.32 Å². The molecule has 4 amide bonds. The molecule has 0 aromatic heterocycles. The zero-order chi connectivity index (χ0) is 25.0. The van der Waals surface area contributed by atoms with Crippen LogP contribution in [0.4, 0.5) is 23.7 Å². The third kappa shape index (κ3) is 5.15. The molecule has 1 saturated heterocycles. The van der Waals surface area contributed by atoms with Gasteiger partial charge in [0.1, 0.15) is 12.2 Å². The van der Waals surface area contributed by atoms with Gasteiger partial charge in [-0.05, 0) is 48.9 Å². The van der Waals surface area contributed by atoms with Gasteiger partial charge in [-0.1, -0.05) is 23.6 Å². The number of hydrogen-bond acceptors (Lipinski definition) is 5. The van der Waals surface area contributed by atoms with Crippen molar-refractivity contribution in [3.05, 3.63) is 58.1 Å². The zero-order valence-electron chi connectivity index (χ0n) is 17.5. The molecule has 1 heterocycles. The number of amides is 4. The molecule has 0 unspecified atom stereocenters. The number of alkyl halides is 3. The second-order valence-electron chi connectivity index (χ2n) is 6.75. The summed E-state index contributed by atoms with van der Waals surface area (Å²) in [6, 6.07) is 5.41. The number of urea groups is 1. The van der Waals surface area contributed by atoms with E-state index in [2.05, 4.69) is 5.92 Å². The van der Waals surface area contributed by atoms with Gasteiger partial charge in [0.15, 0.2) is 11.5 Å². The first-order chi connectivity index (χ1) is 16.1. The normalized spacial score (nSPS) is 15.2. The first-order valence-corrected chi connectivity index (χ1v) is 10.1. The minimum absolute atomic E-state index is 0.0176. The molecule has 1 N–H and O–H groups in total. The number of terminal acetylenes is 1. The Bertz CT molecular complexity index is 1230. The van der Waals surface area contributed by atoms with Crippen molar-refractivity contribution in [1.82, 2.24) is 5.32 Å². The van der Waals surface area contributed by atoms with E-state index >= 15 is 0 Å². The molecule has 7 nitrogen and oxygen atoms in total. The van der Waals surface area contributed by atoms with Crippen LogP contribution in [0.15, 0.2) is 42.0 Å². The van der Waals surface area contributed by atoms with E-state index in [1.54, 1.807) is 6.92 Å². The third-order valence-corrected chi connectivity index (χ3v) is 4.83. The smallest absolute Gasteiger partial charge is 0.416 e. The Hall–Kier alpha value is -3.97. The van der Waals surface area contributed by atoms with E-state index in [-0.39, 0.29) is 24.0 Å². The number of anilines is 1. The lowest BCUT2D eigenvalue weighted by Gasteiger charge is -2.27. The van der Waals surface area contributed by atoms with E-state index < -0.39 is 40.8 Å². The van der Waals surface area contributed by atoms with E-state index in [0.717, 1.165) is 12.1 Å². The number of rotatable bonds is 6. The first kappa shape index (κ1) is 24.7. The molecule has 2 aromatic rings. The molecule has 0 radical (unpaired) electrons. The van der Waals surface area contributed by atoms with Crippen molar-refractivity contribution in [1.29, 1.82) is 0 Å². The van der Waals surface area contributed by atoms with Crippen LogP contribution in [0.1, 0.15) is 18.1 Å². The SMILES string of the molecule is C#CCOc1ccc(/C=C2\C(=O)NC(=O)N(c3cc(C(F)(F)F)ccc3Cl)C2=O)cc1OCC. The summed E-state index contributed by atoms with van der Waals surface area (Å²) in [7, 11) is 0. The lowest BCUT2D eigenvalue weighted by molar-refractivity contribution is -0.137. The standard InChI is InChI=1S/C23H16ClF3N2O5/c1-3-9-34-18-8-5-13(11-19(18)33-4-2)10-15-20(30)28-22(32)29(21(15)31)17-12-14(23(25,26)27)6-7-16(17)24/h1,5-8,10-12H,4,9H2,2H3,(H,28,30,32)/b15-10+. The number of hydrogen-bond donors (Lipinski definition) is 1. The monoisotopic (exact) mass is 492 g/mol. The van der Waals surface area contributed by atoms with Crippen molar-refractivity contribution < 1.29 is 37.0 Å². The number of halogens is 4. The van der Waals surface area contributed by atoms with Gasteiger partial charge in [-0.3, -0.25) is 14.9 Å². The molecule has 1 aliphatic rings. The highest BCUT2D eigenvalue weighted by Crippen LogP contribution is 2.37. The second kappa shape index (κ2) is 9.89.